The molecule has 1 heterocycles. The largest absolute Gasteiger partial charge is 0.398 e. The summed E-state index contributed by atoms with van der Waals surface area (Å²) >= 11 is 0. The van der Waals surface area contributed by atoms with Crippen LogP contribution in [-0.4, -0.2) is 20.2 Å². The molecule has 1 unspecified atom stereocenters. The SMILES string of the molecule is Cc1cccc(N)c1-c1nnnn1C(C)C(C)C. The Bertz CT molecular complexity index is 524. The molecular weight excluding hydrogens is 226 g/mol. The number of benzene rings is 1. The van der Waals surface area contributed by atoms with Gasteiger partial charge in [-0.3, -0.25) is 0 Å². The van der Waals surface area contributed by atoms with Gasteiger partial charge in [0.2, 0.25) is 0 Å². The molecule has 2 aromatic rings. The van der Waals surface area contributed by atoms with Crippen molar-refractivity contribution in [3.8, 4) is 11.4 Å². The van der Waals surface area contributed by atoms with E-state index in [1.54, 1.807) is 0 Å². The van der Waals surface area contributed by atoms with Crippen LogP contribution in [0.15, 0.2) is 18.2 Å². The molecular formula is C13H19N5. The number of nitrogens with zero attached hydrogens (tertiary/aromatic N) is 4. The number of nitrogens with two attached hydrogens (primary N) is 1. The Kier molecular flexibility index (Phi) is 3.32. The van der Waals surface area contributed by atoms with Crippen molar-refractivity contribution in [2.45, 2.75) is 33.7 Å². The van der Waals surface area contributed by atoms with Crippen LogP contribution in [0.25, 0.3) is 11.4 Å². The Morgan fingerprint density at radius 1 is 1.22 bits per heavy atom. The number of nitrogen functional groups attached to an aromatic ring is 1. The van der Waals surface area contributed by atoms with Crippen LogP contribution in [0, 0.1) is 12.8 Å². The van der Waals surface area contributed by atoms with Crippen molar-refractivity contribution < 1.29 is 0 Å². The first kappa shape index (κ1) is 12.5. The molecule has 1 atom stereocenters. The lowest BCUT2D eigenvalue weighted by Gasteiger charge is -2.18. The molecule has 2 rings (SSSR count). The van der Waals surface area contributed by atoms with Gasteiger partial charge >= 0.3 is 0 Å². The predicted octanol–water partition coefficient (Wildman–Crippen LogP) is 2.45. The summed E-state index contributed by atoms with van der Waals surface area (Å²) in [5, 5.41) is 12.0. The van der Waals surface area contributed by atoms with Crippen LogP contribution in [0.2, 0.25) is 0 Å². The second-order valence-corrected chi connectivity index (χ2v) is 4.97. The summed E-state index contributed by atoms with van der Waals surface area (Å²) < 4.78 is 1.85. The van der Waals surface area contributed by atoms with Crippen molar-refractivity contribution in [2.24, 2.45) is 5.92 Å². The van der Waals surface area contributed by atoms with Gasteiger partial charge < -0.3 is 5.73 Å². The summed E-state index contributed by atoms with van der Waals surface area (Å²) in [7, 11) is 0. The van der Waals surface area contributed by atoms with Crippen LogP contribution in [0.4, 0.5) is 5.69 Å². The smallest absolute Gasteiger partial charge is 0.184 e. The molecule has 2 N–H and O–H groups in total. The zero-order chi connectivity index (χ0) is 13.3. The van der Waals surface area contributed by atoms with E-state index in [9.17, 15) is 0 Å². The van der Waals surface area contributed by atoms with Gasteiger partial charge in [-0.1, -0.05) is 26.0 Å². The Labute approximate surface area is 107 Å². The van der Waals surface area contributed by atoms with Crippen LogP contribution in [-0.2, 0) is 0 Å². The van der Waals surface area contributed by atoms with E-state index < -0.39 is 0 Å². The molecule has 18 heavy (non-hydrogen) atoms. The van der Waals surface area contributed by atoms with Gasteiger partial charge in [0.1, 0.15) is 0 Å². The minimum Gasteiger partial charge on any atom is -0.398 e. The quantitative estimate of drug-likeness (QED) is 0.843. The second kappa shape index (κ2) is 4.76. The molecule has 1 aromatic carbocycles. The molecule has 1 aromatic heterocycles. The van der Waals surface area contributed by atoms with Gasteiger partial charge in [0.05, 0.1) is 6.04 Å². The van der Waals surface area contributed by atoms with Crippen LogP contribution in [0.3, 0.4) is 0 Å². The zero-order valence-corrected chi connectivity index (χ0v) is 11.3. The third kappa shape index (κ3) is 2.08. The Hall–Kier alpha value is -1.91. The maximum atomic E-state index is 6.05. The van der Waals surface area contributed by atoms with Crippen LogP contribution < -0.4 is 5.73 Å². The Morgan fingerprint density at radius 3 is 2.56 bits per heavy atom. The van der Waals surface area contributed by atoms with E-state index in [0.29, 0.717) is 11.6 Å². The van der Waals surface area contributed by atoms with Crippen molar-refractivity contribution in [3.05, 3.63) is 23.8 Å². The van der Waals surface area contributed by atoms with Crippen molar-refractivity contribution >= 4 is 5.69 Å². The average molecular weight is 245 g/mol. The van der Waals surface area contributed by atoms with E-state index in [1.165, 1.54) is 0 Å². The van der Waals surface area contributed by atoms with E-state index in [1.807, 2.05) is 29.8 Å². The molecule has 0 spiro atoms. The first-order chi connectivity index (χ1) is 8.52. The van der Waals surface area contributed by atoms with E-state index in [-0.39, 0.29) is 6.04 Å². The van der Waals surface area contributed by atoms with Gasteiger partial charge in [-0.25, -0.2) is 4.68 Å². The van der Waals surface area contributed by atoms with Gasteiger partial charge in [0.25, 0.3) is 0 Å². The van der Waals surface area contributed by atoms with Crippen molar-refractivity contribution in [1.82, 2.24) is 20.2 Å². The highest BCUT2D eigenvalue weighted by Gasteiger charge is 2.19. The monoisotopic (exact) mass is 245 g/mol. The lowest BCUT2D eigenvalue weighted by molar-refractivity contribution is 0.371. The van der Waals surface area contributed by atoms with Crippen LogP contribution in [0.5, 0.6) is 0 Å². The molecule has 0 radical (unpaired) electrons. The fourth-order valence-corrected chi connectivity index (χ4v) is 1.91. The maximum Gasteiger partial charge on any atom is 0.184 e. The Morgan fingerprint density at radius 2 is 1.94 bits per heavy atom. The highest BCUT2D eigenvalue weighted by Crippen LogP contribution is 2.29. The minimum atomic E-state index is 0.231. The number of rotatable bonds is 3. The van der Waals surface area contributed by atoms with Gasteiger partial charge in [0.15, 0.2) is 5.82 Å². The molecule has 0 bridgehead atoms. The number of aryl methyl sites for hydroxylation is 1. The zero-order valence-electron chi connectivity index (χ0n) is 11.3. The molecule has 0 aliphatic heterocycles. The van der Waals surface area contributed by atoms with E-state index in [2.05, 4.69) is 36.3 Å². The Balaban J connectivity index is 2.56. The topological polar surface area (TPSA) is 69.6 Å². The molecule has 0 fully saturated rings. The van der Waals surface area contributed by atoms with Crippen molar-refractivity contribution in [2.75, 3.05) is 5.73 Å². The number of aromatic nitrogens is 4. The normalized spacial score (nSPS) is 12.9. The molecule has 96 valence electrons. The summed E-state index contributed by atoms with van der Waals surface area (Å²) in [4.78, 5) is 0. The molecule has 0 saturated heterocycles. The number of hydrogen-bond acceptors (Lipinski definition) is 4. The molecule has 0 saturated carbocycles. The van der Waals surface area contributed by atoms with Gasteiger partial charge in [-0.2, -0.15) is 0 Å². The molecule has 5 heteroatoms. The lowest BCUT2D eigenvalue weighted by Crippen LogP contribution is -2.15. The number of tetrazole rings is 1. The molecule has 0 aliphatic rings. The van der Waals surface area contributed by atoms with Gasteiger partial charge in [-0.05, 0) is 41.8 Å². The number of anilines is 1. The van der Waals surface area contributed by atoms with Crippen LogP contribution in [0.1, 0.15) is 32.4 Å². The van der Waals surface area contributed by atoms with E-state index >= 15 is 0 Å². The molecule has 0 aliphatic carbocycles. The standard InChI is InChI=1S/C13H19N5/c1-8(2)10(4)18-13(15-16-17-18)12-9(3)6-5-7-11(12)14/h5-8,10H,14H2,1-4H3. The highest BCUT2D eigenvalue weighted by molar-refractivity contribution is 5.74. The van der Waals surface area contributed by atoms with Crippen molar-refractivity contribution in [3.63, 3.8) is 0 Å². The number of hydrogen-bond donors (Lipinski definition) is 1. The highest BCUT2D eigenvalue weighted by atomic mass is 15.5. The fraction of sp³-hybridized carbons (Fsp3) is 0.462. The average Bonchev–Trinajstić information content (AvgIpc) is 2.76. The van der Waals surface area contributed by atoms with E-state index in [4.69, 9.17) is 5.73 Å². The summed E-state index contributed by atoms with van der Waals surface area (Å²) in [6.07, 6.45) is 0. The van der Waals surface area contributed by atoms with Gasteiger partial charge in [-0.15, -0.1) is 5.10 Å². The maximum absolute atomic E-state index is 6.05. The van der Waals surface area contributed by atoms with Crippen molar-refractivity contribution in [1.29, 1.82) is 0 Å². The molecule has 5 nitrogen and oxygen atoms in total. The minimum absolute atomic E-state index is 0.231. The van der Waals surface area contributed by atoms with Gasteiger partial charge in [0, 0.05) is 11.3 Å². The fourth-order valence-electron chi connectivity index (χ4n) is 1.91. The second-order valence-electron chi connectivity index (χ2n) is 4.97. The summed E-state index contributed by atoms with van der Waals surface area (Å²) in [6, 6.07) is 6.06. The molecule has 0 amide bonds. The predicted molar refractivity (Wildman–Crippen MR) is 72.0 cm³/mol. The summed E-state index contributed by atoms with van der Waals surface area (Å²) in [5.41, 5.74) is 8.77. The van der Waals surface area contributed by atoms with E-state index in [0.717, 1.165) is 17.0 Å². The summed E-state index contributed by atoms with van der Waals surface area (Å²) in [6.45, 7) is 8.43. The summed E-state index contributed by atoms with van der Waals surface area (Å²) in [5.74, 6) is 1.20. The third-order valence-electron chi connectivity index (χ3n) is 3.37. The van der Waals surface area contributed by atoms with Crippen LogP contribution >= 0.6 is 0 Å². The lowest BCUT2D eigenvalue weighted by atomic mass is 10.0. The first-order valence-electron chi connectivity index (χ1n) is 6.15. The first-order valence-corrected chi connectivity index (χ1v) is 6.15. The third-order valence-corrected chi connectivity index (χ3v) is 3.37.